The van der Waals surface area contributed by atoms with Crippen molar-refractivity contribution in [3.05, 3.63) is 0 Å². The average molecular weight is 230 g/mol. The number of hydrogen-bond acceptors (Lipinski definition) is 3. The Kier molecular flexibility index (Phi) is 4.15. The first-order valence-electron chi connectivity index (χ1n) is 5.63. The van der Waals surface area contributed by atoms with Gasteiger partial charge < -0.3 is 15.2 Å². The third-order valence-corrected chi connectivity index (χ3v) is 2.95. The Morgan fingerprint density at radius 1 is 1.50 bits per heavy atom. The number of ether oxygens (including phenoxy) is 1. The van der Waals surface area contributed by atoms with E-state index in [0.717, 1.165) is 13.0 Å². The molecule has 1 aliphatic rings. The van der Waals surface area contributed by atoms with Crippen molar-refractivity contribution in [3.8, 4) is 0 Å². The van der Waals surface area contributed by atoms with Crippen molar-refractivity contribution in [3.63, 3.8) is 0 Å². The maximum Gasteiger partial charge on any atom is 0.408 e. The highest BCUT2D eigenvalue weighted by Gasteiger charge is 2.38. The number of nitrogens with one attached hydrogen (secondary N) is 1. The van der Waals surface area contributed by atoms with Gasteiger partial charge in [0.15, 0.2) is 0 Å². The number of methoxy groups -OCH3 is 1. The van der Waals surface area contributed by atoms with Crippen molar-refractivity contribution < 1.29 is 14.6 Å². The minimum absolute atomic E-state index is 0.0657. The zero-order chi connectivity index (χ0) is 12.3. The van der Waals surface area contributed by atoms with Crippen LogP contribution in [-0.2, 0) is 4.74 Å². The van der Waals surface area contributed by atoms with E-state index in [2.05, 4.69) is 5.32 Å². The van der Waals surface area contributed by atoms with Gasteiger partial charge in [0.1, 0.15) is 0 Å². The molecule has 1 aliphatic heterocycles. The monoisotopic (exact) mass is 230 g/mol. The molecule has 16 heavy (non-hydrogen) atoms. The van der Waals surface area contributed by atoms with Gasteiger partial charge in [-0.15, -0.1) is 0 Å². The number of nitrogens with zero attached hydrogens (tertiary/aromatic N) is 1. The van der Waals surface area contributed by atoms with E-state index in [1.54, 1.807) is 7.11 Å². The van der Waals surface area contributed by atoms with Crippen LogP contribution >= 0.6 is 0 Å². The highest BCUT2D eigenvalue weighted by atomic mass is 16.5. The van der Waals surface area contributed by atoms with Gasteiger partial charge in [-0.1, -0.05) is 0 Å². The van der Waals surface area contributed by atoms with Crippen LogP contribution in [0, 0.1) is 0 Å². The van der Waals surface area contributed by atoms with Gasteiger partial charge in [-0.2, -0.15) is 0 Å². The first-order valence-corrected chi connectivity index (χ1v) is 5.63. The molecule has 1 heterocycles. The van der Waals surface area contributed by atoms with E-state index in [9.17, 15) is 9.90 Å². The summed E-state index contributed by atoms with van der Waals surface area (Å²) in [5, 5.41) is 12.5. The third kappa shape index (κ3) is 2.86. The summed E-state index contributed by atoms with van der Waals surface area (Å²) in [5.74, 6) is 0. The van der Waals surface area contributed by atoms with Crippen molar-refractivity contribution in [2.24, 2.45) is 0 Å². The molecule has 2 atom stereocenters. The molecule has 5 heteroatoms. The van der Waals surface area contributed by atoms with Crippen molar-refractivity contribution >= 4 is 6.09 Å². The van der Waals surface area contributed by atoms with Crippen LogP contribution in [0.4, 0.5) is 4.79 Å². The summed E-state index contributed by atoms with van der Waals surface area (Å²) in [6, 6.07) is -0.0660. The number of rotatable bonds is 2. The van der Waals surface area contributed by atoms with Crippen LogP contribution < -0.4 is 5.32 Å². The number of hydrogen-bond donors (Lipinski definition) is 2. The Hall–Kier alpha value is -0.810. The molecule has 0 saturated carbocycles. The molecule has 5 nitrogen and oxygen atoms in total. The quantitative estimate of drug-likeness (QED) is 0.747. The van der Waals surface area contributed by atoms with E-state index in [0.29, 0.717) is 6.54 Å². The lowest BCUT2D eigenvalue weighted by atomic mass is 9.95. The van der Waals surface area contributed by atoms with Crippen LogP contribution in [0.15, 0.2) is 0 Å². The lowest BCUT2D eigenvalue weighted by Gasteiger charge is -2.44. The second kappa shape index (κ2) is 5.01. The maximum atomic E-state index is 11.4. The Morgan fingerprint density at radius 3 is 2.56 bits per heavy atom. The fourth-order valence-electron chi connectivity index (χ4n) is 2.28. The van der Waals surface area contributed by atoms with E-state index < -0.39 is 11.6 Å². The molecule has 0 radical (unpaired) electrons. The molecule has 0 aromatic carbocycles. The van der Waals surface area contributed by atoms with Crippen molar-refractivity contribution in [2.75, 3.05) is 20.2 Å². The Balaban J connectivity index is 2.87. The highest BCUT2D eigenvalue weighted by Crippen LogP contribution is 2.24. The zero-order valence-electron chi connectivity index (χ0n) is 10.5. The van der Waals surface area contributed by atoms with E-state index >= 15 is 0 Å². The number of carbonyl (C=O) groups is 1. The molecule has 1 rings (SSSR count). The lowest BCUT2D eigenvalue weighted by molar-refractivity contribution is -0.0262. The van der Waals surface area contributed by atoms with Crippen LogP contribution in [0.5, 0.6) is 0 Å². The van der Waals surface area contributed by atoms with E-state index in [1.165, 1.54) is 4.90 Å². The van der Waals surface area contributed by atoms with Crippen molar-refractivity contribution in [1.29, 1.82) is 0 Å². The van der Waals surface area contributed by atoms with Gasteiger partial charge >= 0.3 is 6.09 Å². The van der Waals surface area contributed by atoms with E-state index in [-0.39, 0.29) is 12.1 Å². The van der Waals surface area contributed by atoms with Crippen LogP contribution in [0.3, 0.4) is 0 Å². The average Bonchev–Trinajstić information content (AvgIpc) is 2.15. The lowest BCUT2D eigenvalue weighted by Crippen LogP contribution is -2.60. The standard InChI is InChI=1S/C11H22N2O3/c1-11(2,3)13(10(14)15)8-5-6-12-7-9(8)16-4/h8-9,12H,5-7H2,1-4H3,(H,14,15)/t8-,9-/m1/s1. The number of carboxylic acid groups (broad SMARTS) is 1. The zero-order valence-corrected chi connectivity index (χ0v) is 10.5. The highest BCUT2D eigenvalue weighted by molar-refractivity contribution is 5.66. The fourth-order valence-corrected chi connectivity index (χ4v) is 2.28. The minimum atomic E-state index is -0.874. The van der Waals surface area contributed by atoms with Gasteiger partial charge in [0, 0.05) is 19.2 Å². The fraction of sp³-hybridized carbons (Fsp3) is 0.909. The summed E-state index contributed by atoms with van der Waals surface area (Å²) in [6.07, 6.45) is -0.146. The number of piperidine rings is 1. The molecule has 0 aliphatic carbocycles. The SMILES string of the molecule is CO[C@@H]1CNCC[C@H]1N(C(=O)O)C(C)(C)C. The van der Waals surface area contributed by atoms with Crippen molar-refractivity contribution in [1.82, 2.24) is 10.2 Å². The van der Waals surface area contributed by atoms with Crippen LogP contribution in [0.2, 0.25) is 0 Å². The minimum Gasteiger partial charge on any atom is -0.465 e. The maximum absolute atomic E-state index is 11.4. The Morgan fingerprint density at radius 2 is 2.12 bits per heavy atom. The van der Waals surface area contributed by atoms with Gasteiger partial charge in [-0.25, -0.2) is 4.79 Å². The number of amides is 1. The summed E-state index contributed by atoms with van der Waals surface area (Å²) in [6.45, 7) is 7.28. The molecule has 2 N–H and O–H groups in total. The molecule has 1 amide bonds. The summed E-state index contributed by atoms with van der Waals surface area (Å²) in [5.41, 5.74) is -0.398. The van der Waals surface area contributed by atoms with Crippen LogP contribution in [0.1, 0.15) is 27.2 Å². The van der Waals surface area contributed by atoms with Gasteiger partial charge in [-0.05, 0) is 33.7 Å². The molecule has 1 fully saturated rings. The second-order valence-corrected chi connectivity index (χ2v) is 5.16. The second-order valence-electron chi connectivity index (χ2n) is 5.16. The smallest absolute Gasteiger partial charge is 0.408 e. The van der Waals surface area contributed by atoms with Gasteiger partial charge in [-0.3, -0.25) is 4.90 Å². The normalized spacial score (nSPS) is 26.5. The van der Waals surface area contributed by atoms with Gasteiger partial charge in [0.25, 0.3) is 0 Å². The largest absolute Gasteiger partial charge is 0.465 e. The molecular formula is C11H22N2O3. The predicted molar refractivity (Wildman–Crippen MR) is 61.7 cm³/mol. The van der Waals surface area contributed by atoms with Crippen LogP contribution in [0.25, 0.3) is 0 Å². The Labute approximate surface area is 96.8 Å². The first-order chi connectivity index (χ1) is 7.38. The third-order valence-electron chi connectivity index (χ3n) is 2.95. The molecule has 0 unspecified atom stereocenters. The van der Waals surface area contributed by atoms with E-state index in [1.807, 2.05) is 20.8 Å². The summed E-state index contributed by atoms with van der Waals surface area (Å²) in [4.78, 5) is 12.9. The topological polar surface area (TPSA) is 61.8 Å². The van der Waals surface area contributed by atoms with Gasteiger partial charge in [0.05, 0.1) is 12.1 Å². The summed E-state index contributed by atoms with van der Waals surface area (Å²) >= 11 is 0. The van der Waals surface area contributed by atoms with E-state index in [4.69, 9.17) is 4.74 Å². The van der Waals surface area contributed by atoms with Gasteiger partial charge in [0.2, 0.25) is 0 Å². The summed E-state index contributed by atoms with van der Waals surface area (Å²) < 4.78 is 5.36. The molecule has 0 aromatic heterocycles. The Bertz CT molecular complexity index is 250. The molecule has 0 aromatic rings. The predicted octanol–water partition coefficient (Wildman–Crippen LogP) is 1.14. The summed E-state index contributed by atoms with van der Waals surface area (Å²) in [7, 11) is 1.63. The molecule has 0 bridgehead atoms. The van der Waals surface area contributed by atoms with Crippen molar-refractivity contribution in [2.45, 2.75) is 44.9 Å². The molecule has 0 spiro atoms. The van der Waals surface area contributed by atoms with Crippen LogP contribution in [-0.4, -0.2) is 54.0 Å². The molecule has 1 saturated heterocycles. The molecule has 94 valence electrons. The molecular weight excluding hydrogens is 208 g/mol. The first kappa shape index (κ1) is 13.3.